The maximum Gasteiger partial charge on any atom is 0.513 e. The smallest absolute Gasteiger partial charge is 0.491 e. The Hall–Kier alpha value is -1.41. The molecule has 1 saturated heterocycles. The monoisotopic (exact) mass is 404 g/mol. The van der Waals surface area contributed by atoms with Crippen LogP contribution < -0.4 is 10.6 Å². The van der Waals surface area contributed by atoms with Gasteiger partial charge in [0.2, 0.25) is 10.0 Å². The number of halogens is 3. The fourth-order valence-electron chi connectivity index (χ4n) is 1.69. The summed E-state index contributed by atoms with van der Waals surface area (Å²) in [5.74, 6) is 4.29. The Bertz CT molecular complexity index is 804. The quantitative estimate of drug-likeness (QED) is 0.377. The van der Waals surface area contributed by atoms with Crippen molar-refractivity contribution >= 4 is 20.0 Å². The molecule has 0 amide bonds. The lowest BCUT2D eigenvalue weighted by Crippen LogP contribution is -2.49. The highest BCUT2D eigenvalue weighted by Crippen LogP contribution is 2.27. The Morgan fingerprint density at radius 3 is 2.24 bits per heavy atom. The summed E-state index contributed by atoms with van der Waals surface area (Å²) in [6.07, 6.45) is -0.161. The van der Waals surface area contributed by atoms with Crippen LogP contribution in [0.1, 0.15) is 5.56 Å². The van der Waals surface area contributed by atoms with Crippen molar-refractivity contribution in [2.75, 3.05) is 19.0 Å². The molecule has 2 rings (SSSR count). The van der Waals surface area contributed by atoms with E-state index in [2.05, 4.69) is 5.84 Å². The van der Waals surface area contributed by atoms with Gasteiger partial charge in [0.1, 0.15) is 18.5 Å². The molecule has 8 nitrogen and oxygen atoms in total. The molecule has 1 aromatic rings. The first-order valence-electron chi connectivity index (χ1n) is 6.86. The second-order valence-corrected chi connectivity index (χ2v) is 9.16. The number of hydrogen-bond donors (Lipinski definition) is 1. The highest BCUT2D eigenvalue weighted by Gasteiger charge is 2.53. The van der Waals surface area contributed by atoms with Crippen molar-refractivity contribution in [3.05, 3.63) is 29.8 Å². The Morgan fingerprint density at radius 1 is 1.20 bits per heavy atom. The summed E-state index contributed by atoms with van der Waals surface area (Å²) in [6, 6.07) is 6.13. The minimum absolute atomic E-state index is 0.0657. The van der Waals surface area contributed by atoms with Crippen molar-refractivity contribution in [3.8, 4) is 5.75 Å². The van der Waals surface area contributed by atoms with Crippen LogP contribution in [0.2, 0.25) is 0 Å². The Balaban J connectivity index is 1.96. The zero-order valence-corrected chi connectivity index (χ0v) is 14.3. The molecule has 0 saturated carbocycles. The van der Waals surface area contributed by atoms with Crippen molar-refractivity contribution in [1.82, 2.24) is 3.82 Å². The third-order valence-electron chi connectivity index (χ3n) is 3.21. The second-order valence-electron chi connectivity index (χ2n) is 5.15. The van der Waals surface area contributed by atoms with Crippen molar-refractivity contribution in [1.29, 1.82) is 0 Å². The number of nitrogens with zero attached hydrogens (tertiary/aromatic N) is 1. The van der Waals surface area contributed by atoms with Gasteiger partial charge in [-0.15, -0.1) is 0 Å². The van der Waals surface area contributed by atoms with Gasteiger partial charge in [-0.25, -0.2) is 22.7 Å². The summed E-state index contributed by atoms with van der Waals surface area (Å²) < 4.78 is 91.9. The molecule has 142 valence electrons. The normalized spacial score (nSPS) is 18.4. The maximum absolute atomic E-state index is 12.4. The van der Waals surface area contributed by atoms with Gasteiger partial charge in [-0.3, -0.25) is 0 Å². The number of aryl methyl sites for hydroxylation is 1. The number of epoxide rings is 1. The van der Waals surface area contributed by atoms with E-state index in [9.17, 15) is 30.0 Å². The van der Waals surface area contributed by atoms with Crippen molar-refractivity contribution in [2.24, 2.45) is 5.84 Å². The van der Waals surface area contributed by atoms with Gasteiger partial charge < -0.3 is 9.47 Å². The zero-order chi connectivity index (χ0) is 18.9. The standard InChI is InChI=1S/C12H15F3N2O6S2/c13-12(14,15)25(20,21)17(16)24(18,19)6-5-9-1-3-10(4-2-9)22-7-11-8-23-11/h1-4,11H,5-8,16H2. The molecule has 1 fully saturated rings. The number of hydrazine groups is 1. The van der Waals surface area contributed by atoms with Crippen LogP contribution >= 0.6 is 0 Å². The lowest BCUT2D eigenvalue weighted by molar-refractivity contribution is -0.0469. The predicted octanol–water partition coefficient (Wildman–Crippen LogP) is 0.362. The van der Waals surface area contributed by atoms with E-state index < -0.39 is 35.1 Å². The molecule has 2 N–H and O–H groups in total. The fourth-order valence-corrected chi connectivity index (χ4v) is 4.24. The first-order valence-corrected chi connectivity index (χ1v) is 9.91. The first kappa shape index (κ1) is 19.9. The molecule has 0 radical (unpaired) electrons. The Morgan fingerprint density at radius 2 is 1.76 bits per heavy atom. The van der Waals surface area contributed by atoms with Gasteiger partial charge >= 0.3 is 15.5 Å². The number of rotatable bonds is 8. The largest absolute Gasteiger partial charge is 0.513 e. The van der Waals surface area contributed by atoms with Crippen LogP contribution in [0, 0.1) is 0 Å². The Kier molecular flexibility index (Phi) is 5.63. The van der Waals surface area contributed by atoms with E-state index in [0.29, 0.717) is 24.5 Å². The van der Waals surface area contributed by atoms with E-state index in [4.69, 9.17) is 9.47 Å². The molecule has 0 aliphatic carbocycles. The van der Waals surface area contributed by atoms with Crippen LogP contribution in [0.5, 0.6) is 5.75 Å². The number of nitrogens with two attached hydrogens (primary N) is 1. The summed E-state index contributed by atoms with van der Waals surface area (Å²) in [4.78, 5) is 0. The van der Waals surface area contributed by atoms with Crippen LogP contribution in [-0.2, 0) is 31.2 Å². The van der Waals surface area contributed by atoms with Gasteiger partial charge in [-0.2, -0.15) is 13.2 Å². The molecule has 25 heavy (non-hydrogen) atoms. The van der Waals surface area contributed by atoms with E-state index in [-0.39, 0.29) is 12.5 Å². The van der Waals surface area contributed by atoms with Crippen LogP contribution in [0.15, 0.2) is 24.3 Å². The van der Waals surface area contributed by atoms with Gasteiger partial charge in [-0.1, -0.05) is 12.1 Å². The summed E-state index contributed by atoms with van der Waals surface area (Å²) >= 11 is 0. The van der Waals surface area contributed by atoms with E-state index >= 15 is 0 Å². The number of sulfonamides is 2. The molecule has 0 aromatic heterocycles. The summed E-state index contributed by atoms with van der Waals surface area (Å²) in [5, 5.41) is 0. The van der Waals surface area contributed by atoms with Crippen LogP contribution in [0.3, 0.4) is 0 Å². The van der Waals surface area contributed by atoms with Gasteiger partial charge in [0.15, 0.2) is 0 Å². The zero-order valence-electron chi connectivity index (χ0n) is 12.6. The van der Waals surface area contributed by atoms with Crippen LogP contribution in [0.4, 0.5) is 13.2 Å². The Labute approximate surface area is 142 Å². The molecule has 1 aromatic carbocycles. The molecule has 0 bridgehead atoms. The minimum atomic E-state index is -6.16. The molecular formula is C12H15F3N2O6S2. The van der Waals surface area contributed by atoms with E-state index in [1.165, 1.54) is 12.1 Å². The van der Waals surface area contributed by atoms with Gasteiger partial charge in [0.05, 0.1) is 12.4 Å². The van der Waals surface area contributed by atoms with Gasteiger partial charge in [0.25, 0.3) is 0 Å². The number of benzene rings is 1. The van der Waals surface area contributed by atoms with E-state index in [1.54, 1.807) is 12.1 Å². The molecule has 1 aliphatic rings. The third kappa shape index (κ3) is 5.04. The van der Waals surface area contributed by atoms with Crippen molar-refractivity contribution in [2.45, 2.75) is 18.0 Å². The van der Waals surface area contributed by atoms with E-state index in [1.807, 2.05) is 0 Å². The number of ether oxygens (including phenoxy) is 2. The van der Waals surface area contributed by atoms with Crippen molar-refractivity contribution in [3.63, 3.8) is 0 Å². The average molecular weight is 404 g/mol. The van der Waals surface area contributed by atoms with Crippen LogP contribution in [-0.4, -0.2) is 51.2 Å². The van der Waals surface area contributed by atoms with Crippen LogP contribution in [0.25, 0.3) is 0 Å². The third-order valence-corrected chi connectivity index (χ3v) is 6.81. The van der Waals surface area contributed by atoms with Gasteiger partial charge in [-0.05, 0) is 27.9 Å². The first-order chi connectivity index (χ1) is 11.4. The topological polar surface area (TPSA) is 119 Å². The fraction of sp³-hybridized carbons (Fsp3) is 0.500. The predicted molar refractivity (Wildman–Crippen MR) is 80.2 cm³/mol. The summed E-state index contributed by atoms with van der Waals surface area (Å²) in [7, 11) is -11.0. The highest BCUT2D eigenvalue weighted by molar-refractivity contribution is 8.04. The maximum atomic E-state index is 12.4. The average Bonchev–Trinajstić information content (AvgIpc) is 3.34. The second kappa shape index (κ2) is 7.07. The molecule has 13 heteroatoms. The lowest BCUT2D eigenvalue weighted by Gasteiger charge is -2.18. The molecule has 1 unspecified atom stereocenters. The van der Waals surface area contributed by atoms with E-state index in [0.717, 1.165) is 0 Å². The molecule has 1 heterocycles. The molecule has 1 aliphatic heterocycles. The molecular weight excluding hydrogens is 389 g/mol. The highest BCUT2D eigenvalue weighted by atomic mass is 32.3. The molecule has 0 spiro atoms. The lowest BCUT2D eigenvalue weighted by atomic mass is 10.2. The SMILES string of the molecule is NN(S(=O)(=O)CCc1ccc(OCC2CO2)cc1)S(=O)(=O)C(F)(F)F. The summed E-state index contributed by atoms with van der Waals surface area (Å²) in [5.41, 5.74) is -5.35. The van der Waals surface area contributed by atoms with Gasteiger partial charge in [0, 0.05) is 0 Å². The molecule has 1 atom stereocenters. The van der Waals surface area contributed by atoms with Crippen molar-refractivity contribution < 1.29 is 39.5 Å². The minimum Gasteiger partial charge on any atom is -0.491 e. The summed E-state index contributed by atoms with van der Waals surface area (Å²) in [6.45, 7) is 1.01. The number of hydrogen-bond acceptors (Lipinski definition) is 7. The number of alkyl halides is 3.